The second-order valence-electron chi connectivity index (χ2n) is 6.06. The minimum absolute atomic E-state index is 0. The number of hydrogen-bond acceptors (Lipinski definition) is 3. The fraction of sp³-hybridized carbons (Fsp3) is 0.316. The fourth-order valence-corrected chi connectivity index (χ4v) is 3.13. The second kappa shape index (κ2) is 9.66. The largest absolute Gasteiger partial charge is 0.478 e. The molecule has 25 heavy (non-hydrogen) atoms. The zero-order valence-corrected chi connectivity index (χ0v) is 15.9. The molecule has 2 aromatic rings. The molecule has 1 saturated heterocycles. The smallest absolute Gasteiger partial charge is 0.335 e. The summed E-state index contributed by atoms with van der Waals surface area (Å²) in [6.07, 6.45) is 0. The number of carbonyl (C=O) groups is 1. The number of aromatic carboxylic acids is 1. The Kier molecular flexibility index (Phi) is 8.23. The molecular formula is C19H24Cl2N2O2. The molecule has 0 amide bonds. The first kappa shape index (κ1) is 21.3. The molecule has 136 valence electrons. The van der Waals surface area contributed by atoms with Crippen molar-refractivity contribution in [2.45, 2.75) is 13.5 Å². The Balaban J connectivity index is 0.00000156. The number of rotatable bonds is 4. The third-order valence-electron chi connectivity index (χ3n) is 4.41. The van der Waals surface area contributed by atoms with Gasteiger partial charge in [0.15, 0.2) is 0 Å². The van der Waals surface area contributed by atoms with Gasteiger partial charge in [-0.05, 0) is 36.2 Å². The fourth-order valence-electron chi connectivity index (χ4n) is 3.13. The first-order valence-corrected chi connectivity index (χ1v) is 7.98. The van der Waals surface area contributed by atoms with Crippen molar-refractivity contribution in [1.29, 1.82) is 0 Å². The number of aryl methyl sites for hydroxylation is 1. The van der Waals surface area contributed by atoms with E-state index >= 15 is 0 Å². The monoisotopic (exact) mass is 382 g/mol. The highest BCUT2D eigenvalue weighted by Crippen LogP contribution is 2.21. The molecule has 0 aliphatic carbocycles. The highest BCUT2D eigenvalue weighted by molar-refractivity contribution is 5.87. The maximum Gasteiger partial charge on any atom is 0.335 e. The molecule has 0 bridgehead atoms. The van der Waals surface area contributed by atoms with Gasteiger partial charge in [0.25, 0.3) is 0 Å². The van der Waals surface area contributed by atoms with Crippen LogP contribution in [0.25, 0.3) is 0 Å². The molecule has 6 heteroatoms. The van der Waals surface area contributed by atoms with Crippen molar-refractivity contribution in [2.24, 2.45) is 0 Å². The molecule has 0 spiro atoms. The normalized spacial score (nSPS) is 14.4. The number of halogens is 2. The summed E-state index contributed by atoms with van der Waals surface area (Å²) in [7, 11) is 0. The molecule has 1 heterocycles. The van der Waals surface area contributed by atoms with Crippen molar-refractivity contribution in [3.63, 3.8) is 0 Å². The highest BCUT2D eigenvalue weighted by atomic mass is 35.5. The minimum Gasteiger partial charge on any atom is -0.478 e. The van der Waals surface area contributed by atoms with Crippen LogP contribution in [0.5, 0.6) is 0 Å². The summed E-state index contributed by atoms with van der Waals surface area (Å²) in [5.74, 6) is -0.865. The molecule has 1 N–H and O–H groups in total. The summed E-state index contributed by atoms with van der Waals surface area (Å²) in [6, 6.07) is 15.7. The Labute approximate surface area is 161 Å². The summed E-state index contributed by atoms with van der Waals surface area (Å²) in [5.41, 5.74) is 4.06. The number of hydrogen-bond donors (Lipinski definition) is 1. The van der Waals surface area contributed by atoms with E-state index in [4.69, 9.17) is 5.11 Å². The second-order valence-corrected chi connectivity index (χ2v) is 6.06. The standard InChI is InChI=1S/C19H22N2O2.2ClH/c1-15-5-2-3-8-18(15)21-11-9-20(10-12-21)14-16-6-4-7-17(13-16)19(22)23;;/h2-8,13H,9-12,14H2,1H3,(H,22,23);2*1H. The van der Waals surface area contributed by atoms with E-state index in [0.717, 1.165) is 38.3 Å². The van der Waals surface area contributed by atoms with Gasteiger partial charge >= 0.3 is 5.97 Å². The SMILES string of the molecule is Cc1ccccc1N1CCN(Cc2cccc(C(=O)O)c2)CC1.Cl.Cl. The van der Waals surface area contributed by atoms with Gasteiger partial charge in [-0.25, -0.2) is 4.79 Å². The van der Waals surface area contributed by atoms with E-state index < -0.39 is 5.97 Å². The first-order valence-electron chi connectivity index (χ1n) is 7.98. The van der Waals surface area contributed by atoms with E-state index in [1.165, 1.54) is 11.3 Å². The molecule has 4 nitrogen and oxygen atoms in total. The van der Waals surface area contributed by atoms with Gasteiger partial charge < -0.3 is 10.0 Å². The average Bonchev–Trinajstić information content (AvgIpc) is 2.56. The van der Waals surface area contributed by atoms with Crippen LogP contribution in [0, 0.1) is 6.92 Å². The van der Waals surface area contributed by atoms with E-state index in [1.807, 2.05) is 12.1 Å². The lowest BCUT2D eigenvalue weighted by Crippen LogP contribution is -2.46. The predicted molar refractivity (Wildman–Crippen MR) is 107 cm³/mol. The Morgan fingerprint density at radius 2 is 1.68 bits per heavy atom. The van der Waals surface area contributed by atoms with Crippen LogP contribution in [-0.2, 0) is 6.54 Å². The number of carboxylic acid groups (broad SMARTS) is 1. The Morgan fingerprint density at radius 3 is 2.32 bits per heavy atom. The van der Waals surface area contributed by atoms with Crippen LogP contribution in [0.3, 0.4) is 0 Å². The first-order chi connectivity index (χ1) is 11.1. The maximum absolute atomic E-state index is 11.1. The topological polar surface area (TPSA) is 43.8 Å². The number of benzene rings is 2. The number of piperazine rings is 1. The molecule has 0 radical (unpaired) electrons. The van der Waals surface area contributed by atoms with Crippen LogP contribution in [0.1, 0.15) is 21.5 Å². The van der Waals surface area contributed by atoms with Crippen molar-refractivity contribution < 1.29 is 9.90 Å². The quantitative estimate of drug-likeness (QED) is 0.871. The van der Waals surface area contributed by atoms with Gasteiger partial charge in [0.05, 0.1) is 5.56 Å². The summed E-state index contributed by atoms with van der Waals surface area (Å²) in [4.78, 5) is 15.9. The van der Waals surface area contributed by atoms with Gasteiger partial charge in [0, 0.05) is 38.4 Å². The third kappa shape index (κ3) is 5.36. The Bertz CT molecular complexity index is 701. The van der Waals surface area contributed by atoms with Crippen LogP contribution < -0.4 is 4.90 Å². The van der Waals surface area contributed by atoms with Gasteiger partial charge in [0.1, 0.15) is 0 Å². The van der Waals surface area contributed by atoms with Crippen molar-refractivity contribution in [2.75, 3.05) is 31.1 Å². The Hall–Kier alpha value is -1.75. The summed E-state index contributed by atoms with van der Waals surface area (Å²) < 4.78 is 0. The Morgan fingerprint density at radius 1 is 1.00 bits per heavy atom. The minimum atomic E-state index is -0.865. The molecule has 0 saturated carbocycles. The summed E-state index contributed by atoms with van der Waals surface area (Å²) >= 11 is 0. The van der Waals surface area contributed by atoms with Crippen LogP contribution in [0.15, 0.2) is 48.5 Å². The van der Waals surface area contributed by atoms with Crippen molar-refractivity contribution in [3.8, 4) is 0 Å². The number of para-hydroxylation sites is 1. The number of anilines is 1. The van der Waals surface area contributed by atoms with Crippen molar-refractivity contribution >= 4 is 36.5 Å². The lowest BCUT2D eigenvalue weighted by molar-refractivity contribution is 0.0696. The van der Waals surface area contributed by atoms with E-state index in [1.54, 1.807) is 12.1 Å². The predicted octanol–water partition coefficient (Wildman–Crippen LogP) is 3.86. The molecule has 0 aromatic heterocycles. The van der Waals surface area contributed by atoms with E-state index in [2.05, 4.69) is 41.0 Å². The lowest BCUT2D eigenvalue weighted by atomic mass is 10.1. The van der Waals surface area contributed by atoms with E-state index in [9.17, 15) is 4.79 Å². The van der Waals surface area contributed by atoms with Gasteiger partial charge in [-0.3, -0.25) is 4.90 Å². The molecular weight excluding hydrogens is 359 g/mol. The molecule has 0 atom stereocenters. The molecule has 3 rings (SSSR count). The van der Waals surface area contributed by atoms with Gasteiger partial charge in [-0.15, -0.1) is 24.8 Å². The molecule has 0 unspecified atom stereocenters. The van der Waals surface area contributed by atoms with E-state index in [0.29, 0.717) is 5.56 Å². The van der Waals surface area contributed by atoms with Gasteiger partial charge in [-0.2, -0.15) is 0 Å². The average molecular weight is 383 g/mol. The third-order valence-corrected chi connectivity index (χ3v) is 4.41. The number of carboxylic acids is 1. The summed E-state index contributed by atoms with van der Waals surface area (Å²) in [5, 5.41) is 9.08. The molecule has 1 aliphatic rings. The van der Waals surface area contributed by atoms with Crippen LogP contribution in [0.4, 0.5) is 5.69 Å². The van der Waals surface area contributed by atoms with Crippen molar-refractivity contribution in [3.05, 3.63) is 65.2 Å². The van der Waals surface area contributed by atoms with E-state index in [-0.39, 0.29) is 24.8 Å². The lowest BCUT2D eigenvalue weighted by Gasteiger charge is -2.36. The zero-order valence-electron chi connectivity index (χ0n) is 14.2. The molecule has 1 aliphatic heterocycles. The summed E-state index contributed by atoms with van der Waals surface area (Å²) in [6.45, 7) is 6.95. The van der Waals surface area contributed by atoms with Crippen LogP contribution in [-0.4, -0.2) is 42.2 Å². The van der Waals surface area contributed by atoms with Gasteiger partial charge in [-0.1, -0.05) is 30.3 Å². The van der Waals surface area contributed by atoms with Gasteiger partial charge in [0.2, 0.25) is 0 Å². The van der Waals surface area contributed by atoms with Crippen LogP contribution >= 0.6 is 24.8 Å². The number of nitrogens with zero attached hydrogens (tertiary/aromatic N) is 2. The van der Waals surface area contributed by atoms with Crippen molar-refractivity contribution in [1.82, 2.24) is 4.90 Å². The highest BCUT2D eigenvalue weighted by Gasteiger charge is 2.18. The molecule has 1 fully saturated rings. The maximum atomic E-state index is 11.1. The van der Waals surface area contributed by atoms with Crippen LogP contribution in [0.2, 0.25) is 0 Å². The zero-order chi connectivity index (χ0) is 16.2. The molecule has 2 aromatic carbocycles.